The molecule has 0 nitrogen and oxygen atoms in total. The van der Waals surface area contributed by atoms with Crippen molar-refractivity contribution in [2.75, 3.05) is 0 Å². The summed E-state index contributed by atoms with van der Waals surface area (Å²) in [4.78, 5) is 0. The van der Waals surface area contributed by atoms with E-state index in [9.17, 15) is 0 Å². The molecule has 2 rings (SSSR count). The highest BCUT2D eigenvalue weighted by molar-refractivity contribution is 5.32. The zero-order chi connectivity index (χ0) is 11.7. The van der Waals surface area contributed by atoms with Gasteiger partial charge in [0.2, 0.25) is 0 Å². The van der Waals surface area contributed by atoms with Crippen LogP contribution in [0.5, 0.6) is 0 Å². The van der Waals surface area contributed by atoms with Gasteiger partial charge in [0, 0.05) is 0 Å². The van der Waals surface area contributed by atoms with Gasteiger partial charge in [-0.2, -0.15) is 0 Å². The molecule has 0 spiro atoms. The third-order valence-corrected chi connectivity index (χ3v) is 4.17. The first-order valence-corrected chi connectivity index (χ1v) is 6.66. The second-order valence-corrected chi connectivity index (χ2v) is 6.00. The Balaban J connectivity index is 2.15. The van der Waals surface area contributed by atoms with Crippen molar-refractivity contribution in [2.24, 2.45) is 23.7 Å². The van der Waals surface area contributed by atoms with E-state index >= 15 is 0 Å². The largest absolute Gasteiger partial charge is 0.0625 e. The minimum absolute atomic E-state index is 0.805. The normalized spacial score (nSPS) is 16.4. The second kappa shape index (κ2) is 4.61. The second-order valence-electron chi connectivity index (χ2n) is 6.00. The number of hydrogen-bond acceptors (Lipinski definition) is 0. The van der Waals surface area contributed by atoms with Crippen LogP contribution in [-0.4, -0.2) is 0 Å². The van der Waals surface area contributed by atoms with Gasteiger partial charge < -0.3 is 0 Å². The van der Waals surface area contributed by atoms with E-state index in [-0.39, 0.29) is 0 Å². The summed E-state index contributed by atoms with van der Waals surface area (Å²) in [6.07, 6.45) is 2.61. The maximum Gasteiger partial charge on any atom is -0.0242 e. The Morgan fingerprint density at radius 2 is 1.31 bits per heavy atom. The maximum atomic E-state index is 2.38. The molecule has 0 heterocycles. The summed E-state index contributed by atoms with van der Waals surface area (Å²) in [7, 11) is 0. The molecule has 0 atom stereocenters. The molecule has 1 aromatic rings. The van der Waals surface area contributed by atoms with Crippen LogP contribution >= 0.6 is 0 Å². The lowest BCUT2D eigenvalue weighted by Crippen LogP contribution is -2.25. The van der Waals surface area contributed by atoms with Crippen molar-refractivity contribution in [3.63, 3.8) is 0 Å². The molecule has 0 radical (unpaired) electrons. The van der Waals surface area contributed by atoms with E-state index < -0.39 is 0 Å². The molecule has 0 aromatic heterocycles. The van der Waals surface area contributed by atoms with Crippen molar-refractivity contribution in [3.8, 4) is 0 Å². The van der Waals surface area contributed by atoms with Crippen LogP contribution in [0.4, 0.5) is 0 Å². The standard InChI is InChI=1S/C16H24/c1-11(2)16(12(3)4)15-9-13-7-5-6-8-14(13)10-15/h5-8,11-12,15-16H,9-10H2,1-4H3. The smallest absolute Gasteiger partial charge is 0.0242 e. The summed E-state index contributed by atoms with van der Waals surface area (Å²) in [5.41, 5.74) is 3.19. The number of fused-ring (bicyclic) bond motifs is 1. The summed E-state index contributed by atoms with van der Waals surface area (Å²) in [5.74, 6) is 3.35. The Morgan fingerprint density at radius 3 is 1.69 bits per heavy atom. The van der Waals surface area contributed by atoms with E-state index in [1.165, 1.54) is 12.8 Å². The van der Waals surface area contributed by atoms with Gasteiger partial charge in [-0.25, -0.2) is 0 Å². The number of rotatable bonds is 3. The highest BCUT2D eigenvalue weighted by Crippen LogP contribution is 2.38. The van der Waals surface area contributed by atoms with Gasteiger partial charge in [-0.05, 0) is 47.6 Å². The lowest BCUT2D eigenvalue weighted by atomic mass is 9.75. The Hall–Kier alpha value is -0.780. The first-order valence-electron chi connectivity index (χ1n) is 6.66. The third kappa shape index (κ3) is 2.16. The van der Waals surface area contributed by atoms with Crippen LogP contribution in [0.25, 0.3) is 0 Å². The van der Waals surface area contributed by atoms with Gasteiger partial charge >= 0.3 is 0 Å². The predicted molar refractivity (Wildman–Crippen MR) is 70.5 cm³/mol. The molecule has 0 saturated heterocycles. The van der Waals surface area contributed by atoms with Gasteiger partial charge in [0.05, 0.1) is 0 Å². The van der Waals surface area contributed by atoms with Crippen LogP contribution in [0, 0.1) is 23.7 Å². The fraction of sp³-hybridized carbons (Fsp3) is 0.625. The minimum atomic E-state index is 0.805. The fourth-order valence-corrected chi connectivity index (χ4v) is 3.72. The summed E-state index contributed by atoms with van der Waals surface area (Å²) in [6.45, 7) is 9.53. The van der Waals surface area contributed by atoms with Gasteiger partial charge in [0.15, 0.2) is 0 Å². The highest BCUT2D eigenvalue weighted by atomic mass is 14.4. The molecule has 1 aliphatic carbocycles. The molecule has 0 amide bonds. The van der Waals surface area contributed by atoms with E-state index in [1.54, 1.807) is 11.1 Å². The minimum Gasteiger partial charge on any atom is -0.0625 e. The predicted octanol–water partition coefficient (Wildman–Crippen LogP) is 4.33. The zero-order valence-electron chi connectivity index (χ0n) is 11.0. The van der Waals surface area contributed by atoms with Gasteiger partial charge in [-0.1, -0.05) is 52.0 Å². The van der Waals surface area contributed by atoms with E-state index in [0.29, 0.717) is 0 Å². The topological polar surface area (TPSA) is 0 Å². The quantitative estimate of drug-likeness (QED) is 0.705. The average Bonchev–Trinajstić information content (AvgIpc) is 2.58. The molecule has 88 valence electrons. The van der Waals surface area contributed by atoms with E-state index in [4.69, 9.17) is 0 Å². The first kappa shape index (κ1) is 11.7. The average molecular weight is 216 g/mol. The molecule has 0 unspecified atom stereocenters. The van der Waals surface area contributed by atoms with Crippen LogP contribution in [0.1, 0.15) is 38.8 Å². The summed E-state index contributed by atoms with van der Waals surface area (Å²) < 4.78 is 0. The van der Waals surface area contributed by atoms with Crippen LogP contribution in [-0.2, 0) is 12.8 Å². The van der Waals surface area contributed by atoms with E-state index in [0.717, 1.165) is 23.7 Å². The third-order valence-electron chi connectivity index (χ3n) is 4.17. The fourth-order valence-electron chi connectivity index (χ4n) is 3.72. The molecule has 0 aliphatic heterocycles. The van der Waals surface area contributed by atoms with Crippen molar-refractivity contribution < 1.29 is 0 Å². The number of hydrogen-bond donors (Lipinski definition) is 0. The first-order chi connectivity index (χ1) is 7.59. The van der Waals surface area contributed by atoms with Crippen LogP contribution < -0.4 is 0 Å². The molecule has 16 heavy (non-hydrogen) atoms. The molecular formula is C16H24. The number of benzene rings is 1. The molecule has 0 saturated carbocycles. The summed E-state index contributed by atoms with van der Waals surface area (Å²) in [6, 6.07) is 8.99. The van der Waals surface area contributed by atoms with Crippen LogP contribution in [0.2, 0.25) is 0 Å². The molecule has 0 N–H and O–H groups in total. The van der Waals surface area contributed by atoms with Gasteiger partial charge in [0.1, 0.15) is 0 Å². The van der Waals surface area contributed by atoms with Crippen LogP contribution in [0.15, 0.2) is 24.3 Å². The highest BCUT2D eigenvalue weighted by Gasteiger charge is 2.31. The van der Waals surface area contributed by atoms with Crippen LogP contribution in [0.3, 0.4) is 0 Å². The molecular weight excluding hydrogens is 192 g/mol. The molecule has 0 heteroatoms. The Kier molecular flexibility index (Phi) is 3.37. The Bertz CT molecular complexity index is 316. The lowest BCUT2D eigenvalue weighted by Gasteiger charge is -2.30. The molecule has 0 bridgehead atoms. The SMILES string of the molecule is CC(C)C(C(C)C)C1Cc2ccccc2C1. The van der Waals surface area contributed by atoms with Gasteiger partial charge in [-0.3, -0.25) is 0 Å². The van der Waals surface area contributed by atoms with Crippen molar-refractivity contribution >= 4 is 0 Å². The molecule has 1 aliphatic rings. The molecule has 1 aromatic carbocycles. The van der Waals surface area contributed by atoms with Gasteiger partial charge in [-0.15, -0.1) is 0 Å². The van der Waals surface area contributed by atoms with E-state index in [2.05, 4.69) is 52.0 Å². The van der Waals surface area contributed by atoms with Crippen molar-refractivity contribution in [1.82, 2.24) is 0 Å². The van der Waals surface area contributed by atoms with Gasteiger partial charge in [0.25, 0.3) is 0 Å². The summed E-state index contributed by atoms with van der Waals surface area (Å²) in [5, 5.41) is 0. The zero-order valence-corrected chi connectivity index (χ0v) is 11.0. The Labute approximate surface area is 100 Å². The Morgan fingerprint density at radius 1 is 0.875 bits per heavy atom. The van der Waals surface area contributed by atoms with Crippen molar-refractivity contribution in [3.05, 3.63) is 35.4 Å². The molecule has 0 fully saturated rings. The lowest BCUT2D eigenvalue weighted by molar-refractivity contribution is 0.192. The maximum absolute atomic E-state index is 2.38. The monoisotopic (exact) mass is 216 g/mol. The van der Waals surface area contributed by atoms with Crippen molar-refractivity contribution in [1.29, 1.82) is 0 Å². The van der Waals surface area contributed by atoms with Crippen molar-refractivity contribution in [2.45, 2.75) is 40.5 Å². The summed E-state index contributed by atoms with van der Waals surface area (Å²) >= 11 is 0. The van der Waals surface area contributed by atoms with E-state index in [1.807, 2.05) is 0 Å².